The van der Waals surface area contributed by atoms with Gasteiger partial charge in [0.15, 0.2) is 11.5 Å². The molecule has 5 nitrogen and oxygen atoms in total. The van der Waals surface area contributed by atoms with Gasteiger partial charge in [0, 0.05) is 35.6 Å². The maximum Gasteiger partial charge on any atom is 0.220 e. The van der Waals surface area contributed by atoms with Gasteiger partial charge in [-0.05, 0) is 25.3 Å². The number of methoxy groups -OCH3 is 3. The Balaban J connectivity index is 1.78. The summed E-state index contributed by atoms with van der Waals surface area (Å²) in [5.74, 6) is 3.25. The second-order valence-corrected chi connectivity index (χ2v) is 8.66. The molecule has 1 heterocycles. The van der Waals surface area contributed by atoms with E-state index in [1.165, 1.54) is 18.6 Å². The molecule has 0 bridgehead atoms. The predicted molar refractivity (Wildman–Crippen MR) is 105 cm³/mol. The van der Waals surface area contributed by atoms with Crippen LogP contribution in [0.5, 0.6) is 17.2 Å². The lowest BCUT2D eigenvalue weighted by molar-refractivity contribution is -0.121. The summed E-state index contributed by atoms with van der Waals surface area (Å²) >= 11 is 0. The molecule has 140 valence electrons. The topological polar surface area (TPSA) is 56.8 Å². The second kappa shape index (κ2) is 10.7. The summed E-state index contributed by atoms with van der Waals surface area (Å²) in [6, 6.07) is 3.62. The Labute approximate surface area is 158 Å². The quantitative estimate of drug-likeness (QED) is 0.484. The highest BCUT2D eigenvalue weighted by molar-refractivity contribution is 8.77. The molecular formula is C18H27NO4S2. The number of nitrogens with one attached hydrogen (secondary N) is 1. The predicted octanol–water partition coefficient (Wildman–Crippen LogP) is 4.04. The molecule has 1 fully saturated rings. The number of hydrogen-bond donors (Lipinski definition) is 1. The van der Waals surface area contributed by atoms with Gasteiger partial charge in [0.2, 0.25) is 5.91 Å². The summed E-state index contributed by atoms with van der Waals surface area (Å²) in [4.78, 5) is 12.1. The molecule has 1 saturated heterocycles. The van der Waals surface area contributed by atoms with E-state index in [-0.39, 0.29) is 5.91 Å². The van der Waals surface area contributed by atoms with E-state index in [1.54, 1.807) is 27.4 Å². The lowest BCUT2D eigenvalue weighted by Crippen LogP contribution is -2.22. The van der Waals surface area contributed by atoms with Crippen LogP contribution in [0.15, 0.2) is 12.1 Å². The molecule has 1 aliphatic heterocycles. The van der Waals surface area contributed by atoms with Crippen molar-refractivity contribution in [2.24, 2.45) is 0 Å². The van der Waals surface area contributed by atoms with Crippen molar-refractivity contribution in [3.8, 4) is 17.2 Å². The number of ether oxygens (including phenoxy) is 3. The fourth-order valence-corrected chi connectivity index (χ4v) is 5.76. The van der Waals surface area contributed by atoms with Crippen molar-refractivity contribution in [3.05, 3.63) is 17.7 Å². The van der Waals surface area contributed by atoms with Gasteiger partial charge in [-0.15, -0.1) is 0 Å². The number of benzene rings is 1. The van der Waals surface area contributed by atoms with Gasteiger partial charge in [-0.3, -0.25) is 4.79 Å². The Morgan fingerprint density at radius 3 is 2.48 bits per heavy atom. The normalized spacial score (nSPS) is 16.5. The van der Waals surface area contributed by atoms with Crippen LogP contribution >= 0.6 is 21.6 Å². The van der Waals surface area contributed by atoms with E-state index in [1.807, 2.05) is 27.7 Å². The van der Waals surface area contributed by atoms with Crippen LogP contribution in [0.2, 0.25) is 0 Å². The standard InChI is InChI=1S/C18H27NO4S2/c1-21-15-11-17(23-3)16(22-2)10-13(15)12-19-18(20)7-5-4-6-14-8-9-24-25-14/h10-11,14H,4-9,12H2,1-3H3,(H,19,20). The fraction of sp³-hybridized carbons (Fsp3) is 0.611. The lowest BCUT2D eigenvalue weighted by atomic mass is 10.1. The average molecular weight is 386 g/mol. The van der Waals surface area contributed by atoms with Crippen molar-refractivity contribution in [1.29, 1.82) is 0 Å². The number of carbonyl (C=O) groups excluding carboxylic acids is 1. The molecule has 1 N–H and O–H groups in total. The van der Waals surface area contributed by atoms with E-state index >= 15 is 0 Å². The first-order valence-electron chi connectivity index (χ1n) is 8.51. The van der Waals surface area contributed by atoms with Gasteiger partial charge in [0.1, 0.15) is 5.75 Å². The molecule has 7 heteroatoms. The summed E-state index contributed by atoms with van der Waals surface area (Å²) in [5, 5.41) is 3.75. The van der Waals surface area contributed by atoms with E-state index < -0.39 is 0 Å². The monoisotopic (exact) mass is 385 g/mol. The molecule has 1 aliphatic rings. The summed E-state index contributed by atoms with van der Waals surface area (Å²) in [6.45, 7) is 0.414. The number of hydrogen-bond acceptors (Lipinski definition) is 6. The third-order valence-corrected chi connectivity index (χ3v) is 7.18. The molecule has 1 unspecified atom stereocenters. The molecule has 0 saturated carbocycles. The van der Waals surface area contributed by atoms with E-state index in [2.05, 4.69) is 5.32 Å². The lowest BCUT2D eigenvalue weighted by Gasteiger charge is -2.14. The Morgan fingerprint density at radius 2 is 1.84 bits per heavy atom. The third-order valence-electron chi connectivity index (χ3n) is 4.17. The Bertz CT molecular complexity index is 562. The number of carbonyl (C=O) groups is 1. The number of amides is 1. The largest absolute Gasteiger partial charge is 0.496 e. The van der Waals surface area contributed by atoms with Crippen molar-refractivity contribution in [1.82, 2.24) is 5.32 Å². The zero-order chi connectivity index (χ0) is 18.1. The SMILES string of the molecule is COc1cc(OC)c(OC)cc1CNC(=O)CCCCC1CCSS1. The van der Waals surface area contributed by atoms with Crippen molar-refractivity contribution >= 4 is 27.5 Å². The molecular weight excluding hydrogens is 358 g/mol. The maximum atomic E-state index is 12.1. The molecule has 1 aromatic rings. The van der Waals surface area contributed by atoms with E-state index in [4.69, 9.17) is 14.2 Å². The van der Waals surface area contributed by atoms with Crippen molar-refractivity contribution < 1.29 is 19.0 Å². The average Bonchev–Trinajstić information content (AvgIpc) is 3.16. The molecule has 0 spiro atoms. The van der Waals surface area contributed by atoms with Crippen LogP contribution in [0.25, 0.3) is 0 Å². The smallest absolute Gasteiger partial charge is 0.220 e. The highest BCUT2D eigenvalue weighted by Gasteiger charge is 2.16. The highest BCUT2D eigenvalue weighted by Crippen LogP contribution is 2.40. The molecule has 25 heavy (non-hydrogen) atoms. The van der Waals surface area contributed by atoms with E-state index in [0.29, 0.717) is 30.2 Å². The first kappa shape index (κ1) is 20.1. The second-order valence-electron chi connectivity index (χ2n) is 5.87. The van der Waals surface area contributed by atoms with Gasteiger partial charge >= 0.3 is 0 Å². The van der Waals surface area contributed by atoms with Gasteiger partial charge in [0.25, 0.3) is 0 Å². The van der Waals surface area contributed by atoms with Crippen LogP contribution in [0.4, 0.5) is 0 Å². The highest BCUT2D eigenvalue weighted by atomic mass is 33.1. The van der Waals surface area contributed by atoms with Gasteiger partial charge in [-0.1, -0.05) is 28.0 Å². The summed E-state index contributed by atoms with van der Waals surface area (Å²) in [6.07, 6.45) is 5.15. The molecule has 1 atom stereocenters. The third kappa shape index (κ3) is 6.22. The number of rotatable bonds is 10. The van der Waals surface area contributed by atoms with E-state index in [0.717, 1.165) is 23.7 Å². The van der Waals surface area contributed by atoms with Crippen LogP contribution in [0, 0.1) is 0 Å². The summed E-state index contributed by atoms with van der Waals surface area (Å²) < 4.78 is 16.0. The molecule has 2 rings (SSSR count). The minimum absolute atomic E-state index is 0.0743. The van der Waals surface area contributed by atoms with Crippen LogP contribution in [-0.2, 0) is 11.3 Å². The van der Waals surface area contributed by atoms with Crippen LogP contribution < -0.4 is 19.5 Å². The fourth-order valence-electron chi connectivity index (χ4n) is 2.73. The molecule has 0 radical (unpaired) electrons. The zero-order valence-corrected chi connectivity index (χ0v) is 16.8. The summed E-state index contributed by atoms with van der Waals surface area (Å²) in [7, 11) is 8.75. The minimum Gasteiger partial charge on any atom is -0.496 e. The van der Waals surface area contributed by atoms with Crippen LogP contribution in [-0.4, -0.2) is 38.2 Å². The van der Waals surface area contributed by atoms with Crippen molar-refractivity contribution in [3.63, 3.8) is 0 Å². The first-order valence-corrected chi connectivity index (χ1v) is 10.9. The maximum absolute atomic E-state index is 12.1. The van der Waals surface area contributed by atoms with Crippen molar-refractivity contribution in [2.45, 2.75) is 43.9 Å². The Morgan fingerprint density at radius 1 is 1.12 bits per heavy atom. The summed E-state index contributed by atoms with van der Waals surface area (Å²) in [5.41, 5.74) is 0.868. The minimum atomic E-state index is 0.0743. The van der Waals surface area contributed by atoms with Crippen LogP contribution in [0.1, 0.15) is 37.7 Å². The van der Waals surface area contributed by atoms with Gasteiger partial charge in [-0.2, -0.15) is 0 Å². The first-order chi connectivity index (χ1) is 12.2. The van der Waals surface area contributed by atoms with Gasteiger partial charge in [-0.25, -0.2) is 0 Å². The van der Waals surface area contributed by atoms with Gasteiger partial charge < -0.3 is 19.5 Å². The molecule has 1 aromatic carbocycles. The Hall–Kier alpha value is -1.21. The van der Waals surface area contributed by atoms with Crippen LogP contribution in [0.3, 0.4) is 0 Å². The number of unbranched alkanes of at least 4 members (excludes halogenated alkanes) is 1. The zero-order valence-electron chi connectivity index (χ0n) is 15.1. The molecule has 1 amide bonds. The van der Waals surface area contributed by atoms with E-state index in [9.17, 15) is 4.79 Å². The molecule has 0 aromatic heterocycles. The van der Waals surface area contributed by atoms with Crippen molar-refractivity contribution in [2.75, 3.05) is 27.1 Å². The van der Waals surface area contributed by atoms with Gasteiger partial charge in [0.05, 0.1) is 21.3 Å². The molecule has 0 aliphatic carbocycles. The Kier molecular flexibility index (Phi) is 8.61.